The van der Waals surface area contributed by atoms with E-state index in [2.05, 4.69) is 10.6 Å². The van der Waals surface area contributed by atoms with Crippen molar-refractivity contribution in [1.82, 2.24) is 0 Å². The van der Waals surface area contributed by atoms with Crippen LogP contribution in [0.4, 0.5) is 16.4 Å². The third kappa shape index (κ3) is 5.83. The Hall–Kier alpha value is -4.65. The van der Waals surface area contributed by atoms with Crippen LogP contribution in [0, 0.1) is 17.0 Å². The maximum atomic E-state index is 13.2. The Kier molecular flexibility index (Phi) is 8.86. The van der Waals surface area contributed by atoms with Gasteiger partial charge in [-0.15, -0.1) is 11.3 Å². The molecule has 13 heteroatoms. The lowest BCUT2D eigenvalue weighted by atomic mass is 10.1. The molecule has 2 N–H and O–H groups in total. The fraction of sp³-hybridized carbons (Fsp3) is 0.240. The molecule has 0 aliphatic heterocycles. The SMILES string of the molecule is CCOC(=O)c1c(NC(=O)c2cc(OC)c(OC)c(OC)c2)sc(C(=O)Nc2cccc([N+](=O)[O-])c2)c1C. The Morgan fingerprint density at radius 2 is 1.63 bits per heavy atom. The van der Waals surface area contributed by atoms with Crippen molar-refractivity contribution < 1.29 is 38.3 Å². The number of amides is 2. The highest BCUT2D eigenvalue weighted by atomic mass is 32.1. The third-order valence-corrected chi connectivity index (χ3v) is 6.51. The molecule has 0 spiro atoms. The van der Waals surface area contributed by atoms with Crippen LogP contribution in [0.15, 0.2) is 36.4 Å². The van der Waals surface area contributed by atoms with Crippen molar-refractivity contribution in [1.29, 1.82) is 0 Å². The summed E-state index contributed by atoms with van der Waals surface area (Å²) >= 11 is 0.863. The number of methoxy groups -OCH3 is 3. The molecule has 0 aliphatic rings. The van der Waals surface area contributed by atoms with E-state index in [1.54, 1.807) is 13.8 Å². The van der Waals surface area contributed by atoms with Gasteiger partial charge in [0.05, 0.1) is 43.3 Å². The normalized spacial score (nSPS) is 10.3. The summed E-state index contributed by atoms with van der Waals surface area (Å²) in [5.74, 6) is -1.15. The van der Waals surface area contributed by atoms with Gasteiger partial charge in [0.1, 0.15) is 5.00 Å². The van der Waals surface area contributed by atoms with Crippen LogP contribution in [0.1, 0.15) is 42.9 Å². The first-order valence-electron chi connectivity index (χ1n) is 11.1. The van der Waals surface area contributed by atoms with E-state index in [1.165, 1.54) is 57.7 Å². The largest absolute Gasteiger partial charge is 0.493 e. The summed E-state index contributed by atoms with van der Waals surface area (Å²) in [5.41, 5.74) is 0.426. The fourth-order valence-corrected chi connectivity index (χ4v) is 4.62. The Bertz CT molecular complexity index is 1380. The molecular formula is C25H25N3O9S. The Morgan fingerprint density at radius 1 is 0.974 bits per heavy atom. The number of benzene rings is 2. The minimum Gasteiger partial charge on any atom is -0.493 e. The molecule has 0 radical (unpaired) electrons. The zero-order valence-electron chi connectivity index (χ0n) is 21.2. The number of nitrogens with zero attached hydrogens (tertiary/aromatic N) is 1. The molecule has 0 saturated heterocycles. The number of hydrogen-bond donors (Lipinski definition) is 2. The van der Waals surface area contributed by atoms with Crippen LogP contribution < -0.4 is 24.8 Å². The van der Waals surface area contributed by atoms with Crippen LogP contribution in [0.2, 0.25) is 0 Å². The summed E-state index contributed by atoms with van der Waals surface area (Å²) in [4.78, 5) is 49.6. The topological polar surface area (TPSA) is 155 Å². The number of carbonyl (C=O) groups is 3. The lowest BCUT2D eigenvalue weighted by molar-refractivity contribution is -0.384. The monoisotopic (exact) mass is 543 g/mol. The van der Waals surface area contributed by atoms with Gasteiger partial charge in [0, 0.05) is 23.4 Å². The van der Waals surface area contributed by atoms with Gasteiger partial charge in [-0.3, -0.25) is 19.7 Å². The molecule has 2 amide bonds. The summed E-state index contributed by atoms with van der Waals surface area (Å²) in [6.45, 7) is 3.24. The average molecular weight is 544 g/mol. The highest BCUT2D eigenvalue weighted by molar-refractivity contribution is 7.19. The van der Waals surface area contributed by atoms with Crippen molar-refractivity contribution in [3.05, 3.63) is 68.1 Å². The van der Waals surface area contributed by atoms with Crippen molar-refractivity contribution in [2.45, 2.75) is 13.8 Å². The van der Waals surface area contributed by atoms with Crippen LogP contribution in [0.5, 0.6) is 17.2 Å². The highest BCUT2D eigenvalue weighted by Gasteiger charge is 2.28. The minimum atomic E-state index is -0.726. The summed E-state index contributed by atoms with van der Waals surface area (Å²) in [7, 11) is 4.25. The number of nitrogens with one attached hydrogen (secondary N) is 2. The highest BCUT2D eigenvalue weighted by Crippen LogP contribution is 2.39. The fourth-order valence-electron chi connectivity index (χ4n) is 3.54. The molecule has 0 bridgehead atoms. The van der Waals surface area contributed by atoms with Crippen molar-refractivity contribution >= 4 is 45.5 Å². The summed E-state index contributed by atoms with van der Waals surface area (Å²) in [6, 6.07) is 8.31. The van der Waals surface area contributed by atoms with Crippen LogP contribution in [0.3, 0.4) is 0 Å². The van der Waals surface area contributed by atoms with Gasteiger partial charge in [-0.2, -0.15) is 0 Å². The first-order valence-corrected chi connectivity index (χ1v) is 11.9. The smallest absolute Gasteiger partial charge is 0.341 e. The number of non-ortho nitro benzene ring substituents is 1. The van der Waals surface area contributed by atoms with Crippen molar-refractivity contribution in [3.8, 4) is 17.2 Å². The minimum absolute atomic E-state index is 0.0156. The molecule has 2 aromatic carbocycles. The lowest BCUT2D eigenvalue weighted by Gasteiger charge is -2.14. The summed E-state index contributed by atoms with van der Waals surface area (Å²) in [6.07, 6.45) is 0. The number of thiophene rings is 1. The molecule has 0 aliphatic carbocycles. The van der Waals surface area contributed by atoms with Gasteiger partial charge >= 0.3 is 5.97 Å². The molecule has 1 aromatic heterocycles. The quantitative estimate of drug-likeness (QED) is 0.211. The van der Waals surface area contributed by atoms with Crippen molar-refractivity contribution in [3.63, 3.8) is 0 Å². The number of ether oxygens (including phenoxy) is 4. The van der Waals surface area contributed by atoms with E-state index >= 15 is 0 Å². The number of carbonyl (C=O) groups excluding carboxylic acids is 3. The van der Waals surface area contributed by atoms with Gasteiger partial charge in [0.15, 0.2) is 11.5 Å². The van der Waals surface area contributed by atoms with E-state index in [4.69, 9.17) is 18.9 Å². The average Bonchev–Trinajstić information content (AvgIpc) is 3.23. The molecule has 3 rings (SSSR count). The second kappa shape index (κ2) is 12.1. The number of anilines is 2. The number of nitro groups is 1. The lowest BCUT2D eigenvalue weighted by Crippen LogP contribution is -2.15. The van der Waals surface area contributed by atoms with Gasteiger partial charge in [0.25, 0.3) is 17.5 Å². The van der Waals surface area contributed by atoms with Crippen LogP contribution >= 0.6 is 11.3 Å². The molecule has 12 nitrogen and oxygen atoms in total. The van der Waals surface area contributed by atoms with Gasteiger partial charge in [0.2, 0.25) is 5.75 Å². The van der Waals surface area contributed by atoms with Crippen molar-refractivity contribution in [2.24, 2.45) is 0 Å². The second-order valence-corrected chi connectivity index (χ2v) is 8.63. The maximum absolute atomic E-state index is 13.2. The predicted molar refractivity (Wildman–Crippen MR) is 140 cm³/mol. The molecule has 1 heterocycles. The molecule has 0 fully saturated rings. The number of rotatable bonds is 10. The molecule has 0 atom stereocenters. The molecule has 0 saturated carbocycles. The molecule has 38 heavy (non-hydrogen) atoms. The van der Waals surface area contributed by atoms with Gasteiger partial charge in [-0.05, 0) is 37.6 Å². The molecule has 3 aromatic rings. The molecule has 0 unspecified atom stereocenters. The van der Waals surface area contributed by atoms with Crippen molar-refractivity contribution in [2.75, 3.05) is 38.6 Å². The molecular weight excluding hydrogens is 518 g/mol. The summed E-state index contributed by atoms with van der Waals surface area (Å²) in [5, 5.41) is 16.4. The standard InChI is InChI=1S/C25H25N3O9S/c1-6-37-25(31)19-13(2)21(23(30)26-15-8-7-9-16(12-15)28(32)33)38-24(19)27-22(29)14-10-17(34-3)20(36-5)18(11-14)35-4/h7-12H,6H2,1-5H3,(H,26,30)(H,27,29). The number of esters is 1. The van der Waals surface area contributed by atoms with Crippen LogP contribution in [-0.2, 0) is 4.74 Å². The molecule has 200 valence electrons. The van der Waals surface area contributed by atoms with E-state index in [0.29, 0.717) is 5.75 Å². The first kappa shape index (κ1) is 27.9. The zero-order chi connectivity index (χ0) is 28.0. The number of hydrogen-bond acceptors (Lipinski definition) is 10. The van der Waals surface area contributed by atoms with Crippen LogP contribution in [0.25, 0.3) is 0 Å². The maximum Gasteiger partial charge on any atom is 0.341 e. The van der Waals surface area contributed by atoms with Crippen LogP contribution in [-0.4, -0.2) is 50.6 Å². The van der Waals surface area contributed by atoms with E-state index in [0.717, 1.165) is 11.3 Å². The Morgan fingerprint density at radius 3 is 2.18 bits per heavy atom. The van der Waals surface area contributed by atoms with E-state index in [-0.39, 0.29) is 56.0 Å². The van der Waals surface area contributed by atoms with E-state index < -0.39 is 22.7 Å². The third-order valence-electron chi connectivity index (χ3n) is 5.30. The van der Waals surface area contributed by atoms with Gasteiger partial charge in [-0.1, -0.05) is 6.07 Å². The predicted octanol–water partition coefficient (Wildman–Crippen LogP) is 4.67. The van der Waals surface area contributed by atoms with Gasteiger partial charge in [-0.25, -0.2) is 4.79 Å². The van der Waals surface area contributed by atoms with E-state index in [9.17, 15) is 24.5 Å². The van der Waals surface area contributed by atoms with E-state index in [1.807, 2.05) is 0 Å². The second-order valence-electron chi connectivity index (χ2n) is 7.61. The zero-order valence-corrected chi connectivity index (χ0v) is 22.0. The summed E-state index contributed by atoms with van der Waals surface area (Å²) < 4.78 is 21.0. The first-order chi connectivity index (χ1) is 18.1. The van der Waals surface area contributed by atoms with Gasteiger partial charge < -0.3 is 29.6 Å². The Labute approximate surface area is 221 Å². The number of nitro benzene ring substituents is 1. The Balaban J connectivity index is 1.99.